The van der Waals surface area contributed by atoms with Crippen LogP contribution in [0.25, 0.3) is 0 Å². The average molecular weight is 518 g/mol. The van der Waals surface area contributed by atoms with E-state index in [-0.39, 0.29) is 25.0 Å². The van der Waals surface area contributed by atoms with E-state index < -0.39 is 5.25 Å². The maximum absolute atomic E-state index is 13.4. The molecule has 0 saturated carbocycles. The average Bonchev–Trinajstić information content (AvgIpc) is 3.36. The van der Waals surface area contributed by atoms with Crippen molar-refractivity contribution in [3.63, 3.8) is 0 Å². The molecule has 2 aliphatic rings. The number of carbonyl (C=O) groups excluding carboxylic acids is 2. The number of aliphatic imine (C=N–C) groups is 1. The molecule has 2 aliphatic heterocycles. The van der Waals surface area contributed by atoms with Gasteiger partial charge in [-0.25, -0.2) is 4.99 Å². The minimum absolute atomic E-state index is 0.0631. The quantitative estimate of drug-likeness (QED) is 0.483. The Balaban J connectivity index is 1.41. The normalized spacial score (nSPS) is 17.7. The summed E-state index contributed by atoms with van der Waals surface area (Å²) in [6.07, 6.45) is 0.0631. The maximum Gasteiger partial charge on any atom is 0.238 e. The summed E-state index contributed by atoms with van der Waals surface area (Å²) < 4.78 is 16.1. The highest BCUT2D eigenvalue weighted by atomic mass is 32.2. The predicted molar refractivity (Wildman–Crippen MR) is 144 cm³/mol. The predicted octanol–water partition coefficient (Wildman–Crippen LogP) is 5.20. The van der Waals surface area contributed by atoms with Crippen LogP contribution in [0.2, 0.25) is 0 Å². The third kappa shape index (κ3) is 5.56. The zero-order valence-corrected chi connectivity index (χ0v) is 21.6. The van der Waals surface area contributed by atoms with Gasteiger partial charge in [0, 0.05) is 12.1 Å². The highest BCUT2D eigenvalue weighted by molar-refractivity contribution is 8.15. The number of thioether (sulfide) groups is 1. The first-order valence-corrected chi connectivity index (χ1v) is 12.7. The number of aryl methyl sites for hydroxylation is 2. The van der Waals surface area contributed by atoms with Crippen LogP contribution in [0.5, 0.6) is 17.2 Å². The van der Waals surface area contributed by atoms with Crippen LogP contribution in [-0.2, 0) is 16.1 Å². The zero-order chi connectivity index (χ0) is 25.9. The Bertz CT molecular complexity index is 1370. The molecule has 8 nitrogen and oxygen atoms in total. The second-order valence-electron chi connectivity index (χ2n) is 8.88. The molecule has 1 saturated heterocycles. The number of fused-ring (bicyclic) bond motifs is 1. The SMILES string of the molecule is COc1ccc(N=C2SC(C(=O)Nc3ccc(C)cc3C)CC(=O)N2Cc2ccc3c(c2)OCO3)cc1. The molecule has 3 aromatic rings. The lowest BCUT2D eigenvalue weighted by molar-refractivity contribution is -0.129. The number of ether oxygens (including phenoxy) is 3. The van der Waals surface area contributed by atoms with Gasteiger partial charge in [-0.3, -0.25) is 14.5 Å². The molecule has 1 fully saturated rings. The summed E-state index contributed by atoms with van der Waals surface area (Å²) in [5, 5.41) is 2.83. The minimum Gasteiger partial charge on any atom is -0.497 e. The molecule has 0 aliphatic carbocycles. The third-order valence-electron chi connectivity index (χ3n) is 6.15. The molecule has 190 valence electrons. The molecule has 37 heavy (non-hydrogen) atoms. The van der Waals surface area contributed by atoms with Gasteiger partial charge in [-0.05, 0) is 67.4 Å². The topological polar surface area (TPSA) is 89.5 Å². The van der Waals surface area contributed by atoms with E-state index in [1.54, 1.807) is 24.1 Å². The summed E-state index contributed by atoms with van der Waals surface area (Å²) >= 11 is 1.29. The van der Waals surface area contributed by atoms with Crippen LogP contribution in [0.15, 0.2) is 65.7 Å². The Morgan fingerprint density at radius 2 is 1.86 bits per heavy atom. The van der Waals surface area contributed by atoms with E-state index in [1.165, 1.54) is 11.8 Å². The standard InChI is InChI=1S/C28H27N3O5S/c1-17-4-10-22(18(2)12-17)30-27(33)25-14-26(32)31(15-19-5-11-23-24(13-19)36-16-35-23)28(37-25)29-20-6-8-21(34-3)9-7-20/h4-13,25H,14-16H2,1-3H3,(H,30,33). The van der Waals surface area contributed by atoms with Gasteiger partial charge in [-0.2, -0.15) is 0 Å². The van der Waals surface area contributed by atoms with Crippen LogP contribution < -0.4 is 19.5 Å². The number of carbonyl (C=O) groups is 2. The van der Waals surface area contributed by atoms with Gasteiger partial charge in [0.05, 0.1) is 19.3 Å². The van der Waals surface area contributed by atoms with Gasteiger partial charge in [0.1, 0.15) is 11.0 Å². The van der Waals surface area contributed by atoms with Crippen molar-refractivity contribution in [2.45, 2.75) is 32.1 Å². The second-order valence-corrected chi connectivity index (χ2v) is 10.0. The third-order valence-corrected chi connectivity index (χ3v) is 7.33. The lowest BCUT2D eigenvalue weighted by Gasteiger charge is -2.32. The number of hydrogen-bond acceptors (Lipinski definition) is 7. The van der Waals surface area contributed by atoms with Crippen LogP contribution in [0, 0.1) is 13.8 Å². The van der Waals surface area contributed by atoms with E-state index in [9.17, 15) is 9.59 Å². The Kier molecular flexibility index (Phi) is 7.05. The van der Waals surface area contributed by atoms with Gasteiger partial charge < -0.3 is 19.5 Å². The molecule has 1 N–H and O–H groups in total. The Morgan fingerprint density at radius 3 is 2.62 bits per heavy atom. The molecule has 0 bridgehead atoms. The zero-order valence-electron chi connectivity index (χ0n) is 20.8. The molecule has 0 aromatic heterocycles. The highest BCUT2D eigenvalue weighted by Gasteiger charge is 2.36. The van der Waals surface area contributed by atoms with Crippen LogP contribution in [0.1, 0.15) is 23.1 Å². The summed E-state index contributed by atoms with van der Waals surface area (Å²) in [7, 11) is 1.60. The lowest BCUT2D eigenvalue weighted by atomic mass is 10.1. The highest BCUT2D eigenvalue weighted by Crippen LogP contribution is 2.35. The van der Waals surface area contributed by atoms with Gasteiger partial charge in [0.15, 0.2) is 16.7 Å². The van der Waals surface area contributed by atoms with E-state index >= 15 is 0 Å². The molecule has 2 amide bonds. The van der Waals surface area contributed by atoms with Crippen molar-refractivity contribution >= 4 is 40.1 Å². The Hall–Kier alpha value is -3.98. The molecule has 0 spiro atoms. The first kappa shape index (κ1) is 24.7. The Morgan fingerprint density at radius 1 is 1.08 bits per heavy atom. The number of rotatable bonds is 6. The fraction of sp³-hybridized carbons (Fsp3) is 0.250. The molecular formula is C28H27N3O5S. The molecule has 1 atom stereocenters. The minimum atomic E-state index is -0.613. The van der Waals surface area contributed by atoms with Crippen LogP contribution >= 0.6 is 11.8 Å². The van der Waals surface area contributed by atoms with Crippen molar-refractivity contribution in [2.24, 2.45) is 4.99 Å². The fourth-order valence-corrected chi connectivity index (χ4v) is 5.25. The number of amides is 2. The first-order valence-electron chi connectivity index (χ1n) is 11.9. The molecule has 3 aromatic carbocycles. The smallest absolute Gasteiger partial charge is 0.238 e. The largest absolute Gasteiger partial charge is 0.497 e. The summed E-state index contributed by atoms with van der Waals surface area (Å²) in [4.78, 5) is 33.0. The second kappa shape index (κ2) is 10.6. The van der Waals surface area contributed by atoms with Gasteiger partial charge in [0.25, 0.3) is 0 Å². The van der Waals surface area contributed by atoms with Gasteiger partial charge in [-0.15, -0.1) is 0 Å². The summed E-state index contributed by atoms with van der Waals surface area (Å²) in [6.45, 7) is 4.43. The fourth-order valence-electron chi connectivity index (χ4n) is 4.15. The van der Waals surface area contributed by atoms with Crippen LogP contribution in [0.4, 0.5) is 11.4 Å². The number of amidine groups is 1. The van der Waals surface area contributed by atoms with Crippen molar-refractivity contribution in [1.29, 1.82) is 0 Å². The van der Waals surface area contributed by atoms with Crippen LogP contribution in [0.3, 0.4) is 0 Å². The number of anilines is 1. The number of nitrogens with one attached hydrogen (secondary N) is 1. The molecule has 9 heteroatoms. The number of hydrogen-bond donors (Lipinski definition) is 1. The molecule has 5 rings (SSSR count). The first-order chi connectivity index (χ1) is 17.9. The van der Waals surface area contributed by atoms with E-state index in [4.69, 9.17) is 19.2 Å². The molecule has 1 unspecified atom stereocenters. The number of benzene rings is 3. The van der Waals surface area contributed by atoms with Gasteiger partial charge in [-0.1, -0.05) is 35.5 Å². The lowest BCUT2D eigenvalue weighted by Crippen LogP contribution is -2.44. The Labute approximate surface area is 219 Å². The van der Waals surface area contributed by atoms with Crippen molar-refractivity contribution in [1.82, 2.24) is 4.90 Å². The van der Waals surface area contributed by atoms with Gasteiger partial charge in [0.2, 0.25) is 18.6 Å². The summed E-state index contributed by atoms with van der Waals surface area (Å²) in [5.41, 5.74) is 4.35. The summed E-state index contributed by atoms with van der Waals surface area (Å²) in [5.74, 6) is 1.63. The molecule has 2 heterocycles. The van der Waals surface area contributed by atoms with Gasteiger partial charge >= 0.3 is 0 Å². The summed E-state index contributed by atoms with van der Waals surface area (Å²) in [6, 6.07) is 18.7. The van der Waals surface area contributed by atoms with Crippen LogP contribution in [-0.4, -0.2) is 41.0 Å². The molecular weight excluding hydrogens is 490 g/mol. The van der Waals surface area contributed by atoms with Crippen molar-refractivity contribution < 1.29 is 23.8 Å². The van der Waals surface area contributed by atoms with Crippen molar-refractivity contribution in [2.75, 3.05) is 19.2 Å². The maximum atomic E-state index is 13.4. The van der Waals surface area contributed by atoms with Crippen molar-refractivity contribution in [3.8, 4) is 17.2 Å². The number of methoxy groups -OCH3 is 1. The number of nitrogens with zero attached hydrogens (tertiary/aromatic N) is 2. The van der Waals surface area contributed by atoms with E-state index in [2.05, 4.69) is 5.32 Å². The van der Waals surface area contributed by atoms with E-state index in [0.29, 0.717) is 34.6 Å². The monoisotopic (exact) mass is 517 g/mol. The van der Waals surface area contributed by atoms with Crippen molar-refractivity contribution in [3.05, 3.63) is 77.4 Å². The molecule has 0 radical (unpaired) electrons. The van der Waals surface area contributed by atoms with E-state index in [0.717, 1.165) is 22.4 Å². The van der Waals surface area contributed by atoms with E-state index in [1.807, 2.05) is 62.4 Å².